The lowest BCUT2D eigenvalue weighted by Crippen LogP contribution is -2.43. The van der Waals surface area contributed by atoms with Crippen LogP contribution in [0.15, 0.2) is 23.3 Å². The zero-order chi connectivity index (χ0) is 27.3. The van der Waals surface area contributed by atoms with Crippen molar-refractivity contribution in [1.82, 2.24) is 0 Å². The molecule has 0 aromatic heterocycles. The Morgan fingerprint density at radius 2 is 1.78 bits per heavy atom. The summed E-state index contributed by atoms with van der Waals surface area (Å²) >= 11 is 0. The number of rotatable bonds is 8. The van der Waals surface area contributed by atoms with Crippen molar-refractivity contribution in [2.75, 3.05) is 6.61 Å². The SMILES string of the molecule is CC(=O)O[C@H]1/C=C(\COC(=O)C[C@@](C)(O)CC(=O)O)CC/C=C(\C)CC[C@H]2[C@H](C(C)(C)O)CC[C@]12C. The topological polar surface area (TPSA) is 130 Å². The largest absolute Gasteiger partial charge is 0.481 e. The Bertz CT molecular complexity index is 878. The third kappa shape index (κ3) is 8.44. The summed E-state index contributed by atoms with van der Waals surface area (Å²) in [4.78, 5) is 35.5. The zero-order valence-corrected chi connectivity index (χ0v) is 22.6. The highest BCUT2D eigenvalue weighted by molar-refractivity contribution is 5.74. The number of carboxylic acid groups (broad SMARTS) is 1. The lowest BCUT2D eigenvalue weighted by atomic mass is 9.67. The number of allylic oxidation sites excluding steroid dienone is 2. The molecule has 2 aliphatic rings. The van der Waals surface area contributed by atoms with E-state index in [2.05, 4.69) is 19.9 Å². The highest BCUT2D eigenvalue weighted by Crippen LogP contribution is 2.55. The minimum atomic E-state index is -1.71. The molecule has 0 heterocycles. The van der Waals surface area contributed by atoms with Gasteiger partial charge in [0.2, 0.25) is 0 Å². The molecule has 8 nitrogen and oxygen atoms in total. The standard InChI is InChI=1S/C28H44O8/c1-18-8-7-9-20(17-35-25(32)16-27(5,34)15-24(30)31)14-23(36-19(2)29)28(6)13-12-21(26(3,4)33)22(28)11-10-18/h8,14,21-23,33-34H,7,9-13,15-17H2,1-6H3,(H,30,31)/b18-8+,20-14-/t21-,22+,23+,27+,28+/m1/s1. The van der Waals surface area contributed by atoms with Crippen molar-refractivity contribution in [3.63, 3.8) is 0 Å². The predicted molar refractivity (Wildman–Crippen MR) is 135 cm³/mol. The van der Waals surface area contributed by atoms with E-state index in [1.54, 1.807) is 0 Å². The summed E-state index contributed by atoms with van der Waals surface area (Å²) < 4.78 is 11.3. The van der Waals surface area contributed by atoms with Gasteiger partial charge in [-0.05, 0) is 89.7 Å². The first kappa shape index (κ1) is 30.0. The van der Waals surface area contributed by atoms with E-state index in [4.69, 9.17) is 14.6 Å². The fourth-order valence-electron chi connectivity index (χ4n) is 5.91. The highest BCUT2D eigenvalue weighted by atomic mass is 16.5. The van der Waals surface area contributed by atoms with Crippen LogP contribution in [-0.4, -0.2) is 57.1 Å². The lowest BCUT2D eigenvalue weighted by molar-refractivity contribution is -0.153. The van der Waals surface area contributed by atoms with Crippen LogP contribution in [0.3, 0.4) is 0 Å². The molecule has 0 aromatic rings. The molecule has 0 saturated heterocycles. The fraction of sp³-hybridized carbons (Fsp3) is 0.750. The van der Waals surface area contributed by atoms with Gasteiger partial charge in [0.1, 0.15) is 12.7 Å². The maximum atomic E-state index is 12.4. The summed E-state index contributed by atoms with van der Waals surface area (Å²) in [5.41, 5.74) is -0.921. The summed E-state index contributed by atoms with van der Waals surface area (Å²) in [5, 5.41) is 30.1. The van der Waals surface area contributed by atoms with Gasteiger partial charge in [-0.3, -0.25) is 14.4 Å². The van der Waals surface area contributed by atoms with E-state index in [0.29, 0.717) is 6.42 Å². The molecule has 2 rings (SSSR count). The van der Waals surface area contributed by atoms with E-state index in [1.807, 2.05) is 19.9 Å². The molecule has 204 valence electrons. The van der Waals surface area contributed by atoms with Gasteiger partial charge < -0.3 is 24.8 Å². The molecule has 0 unspecified atom stereocenters. The second-order valence-electron chi connectivity index (χ2n) is 11.8. The monoisotopic (exact) mass is 508 g/mol. The van der Waals surface area contributed by atoms with Crippen molar-refractivity contribution < 1.29 is 39.2 Å². The van der Waals surface area contributed by atoms with Gasteiger partial charge in [0.05, 0.1) is 24.0 Å². The minimum Gasteiger partial charge on any atom is -0.481 e. The van der Waals surface area contributed by atoms with Gasteiger partial charge in [-0.25, -0.2) is 0 Å². The molecular weight excluding hydrogens is 464 g/mol. The Balaban J connectivity index is 2.35. The maximum Gasteiger partial charge on any atom is 0.309 e. The minimum absolute atomic E-state index is 0.0394. The molecule has 0 aromatic carbocycles. The normalized spacial score (nSPS) is 31.9. The molecule has 0 aliphatic heterocycles. The molecule has 5 atom stereocenters. The van der Waals surface area contributed by atoms with Crippen molar-refractivity contribution in [2.45, 2.75) is 110 Å². The van der Waals surface area contributed by atoms with Crippen LogP contribution >= 0.6 is 0 Å². The van der Waals surface area contributed by atoms with E-state index in [-0.39, 0.29) is 18.4 Å². The highest BCUT2D eigenvalue weighted by Gasteiger charge is 2.53. The Morgan fingerprint density at radius 3 is 2.36 bits per heavy atom. The first-order valence-corrected chi connectivity index (χ1v) is 12.9. The molecule has 2 aliphatic carbocycles. The summed E-state index contributed by atoms with van der Waals surface area (Å²) in [6, 6.07) is 0. The zero-order valence-electron chi connectivity index (χ0n) is 22.6. The quantitative estimate of drug-likeness (QED) is 0.326. The Hall–Kier alpha value is -2.19. The van der Waals surface area contributed by atoms with E-state index in [9.17, 15) is 24.6 Å². The molecule has 8 heteroatoms. The lowest BCUT2D eigenvalue weighted by Gasteiger charge is -2.42. The van der Waals surface area contributed by atoms with E-state index < -0.39 is 53.5 Å². The molecule has 0 spiro atoms. The van der Waals surface area contributed by atoms with Crippen LogP contribution in [0.2, 0.25) is 0 Å². The Kier molecular flexibility index (Phi) is 9.93. The number of fused-ring (bicyclic) bond motifs is 1. The second-order valence-corrected chi connectivity index (χ2v) is 11.8. The predicted octanol–water partition coefficient (Wildman–Crippen LogP) is 4.33. The van der Waals surface area contributed by atoms with Crippen molar-refractivity contribution in [1.29, 1.82) is 0 Å². The van der Waals surface area contributed by atoms with Crippen LogP contribution in [0.1, 0.15) is 92.9 Å². The summed E-state index contributed by atoms with van der Waals surface area (Å²) in [6.07, 6.45) is 7.23. The van der Waals surface area contributed by atoms with Gasteiger partial charge in [0.15, 0.2) is 0 Å². The molecular formula is C28H44O8. The number of aliphatic hydroxyl groups is 2. The molecule has 3 N–H and O–H groups in total. The van der Waals surface area contributed by atoms with Crippen molar-refractivity contribution in [2.24, 2.45) is 17.3 Å². The molecule has 0 radical (unpaired) electrons. The molecule has 0 bridgehead atoms. The average molecular weight is 509 g/mol. The number of ether oxygens (including phenoxy) is 2. The summed E-state index contributed by atoms with van der Waals surface area (Å²) in [5.74, 6) is -2.11. The van der Waals surface area contributed by atoms with Gasteiger partial charge in [-0.1, -0.05) is 18.6 Å². The van der Waals surface area contributed by atoms with Crippen LogP contribution in [0.5, 0.6) is 0 Å². The van der Waals surface area contributed by atoms with E-state index >= 15 is 0 Å². The molecule has 0 amide bonds. The number of esters is 2. The maximum absolute atomic E-state index is 12.4. The average Bonchev–Trinajstić information content (AvgIpc) is 3.04. The summed E-state index contributed by atoms with van der Waals surface area (Å²) in [6.45, 7) is 10.5. The van der Waals surface area contributed by atoms with Crippen LogP contribution in [-0.2, 0) is 23.9 Å². The van der Waals surface area contributed by atoms with Crippen LogP contribution in [0, 0.1) is 17.3 Å². The first-order chi connectivity index (χ1) is 16.5. The molecule has 36 heavy (non-hydrogen) atoms. The van der Waals surface area contributed by atoms with E-state index in [0.717, 1.165) is 37.7 Å². The van der Waals surface area contributed by atoms with Crippen LogP contribution < -0.4 is 0 Å². The summed E-state index contributed by atoms with van der Waals surface area (Å²) in [7, 11) is 0. The number of hydrogen-bond donors (Lipinski definition) is 3. The number of carbonyl (C=O) groups excluding carboxylic acids is 2. The van der Waals surface area contributed by atoms with Gasteiger partial charge in [-0.2, -0.15) is 0 Å². The first-order valence-electron chi connectivity index (χ1n) is 12.9. The van der Waals surface area contributed by atoms with Crippen molar-refractivity contribution in [3.8, 4) is 0 Å². The van der Waals surface area contributed by atoms with E-state index in [1.165, 1.54) is 19.4 Å². The van der Waals surface area contributed by atoms with Gasteiger partial charge in [-0.15, -0.1) is 0 Å². The fourth-order valence-corrected chi connectivity index (χ4v) is 5.91. The van der Waals surface area contributed by atoms with Crippen LogP contribution in [0.4, 0.5) is 0 Å². The molecule has 1 fully saturated rings. The van der Waals surface area contributed by atoms with Crippen molar-refractivity contribution >= 4 is 17.9 Å². The van der Waals surface area contributed by atoms with Gasteiger partial charge >= 0.3 is 17.9 Å². The molecule has 1 saturated carbocycles. The van der Waals surface area contributed by atoms with Gasteiger partial charge in [0.25, 0.3) is 0 Å². The number of hydrogen-bond acceptors (Lipinski definition) is 7. The van der Waals surface area contributed by atoms with Gasteiger partial charge in [0, 0.05) is 12.3 Å². The third-order valence-corrected chi connectivity index (χ3v) is 7.85. The smallest absolute Gasteiger partial charge is 0.309 e. The second kappa shape index (κ2) is 11.9. The van der Waals surface area contributed by atoms with Crippen molar-refractivity contribution in [3.05, 3.63) is 23.3 Å². The Labute approximate surface area is 214 Å². The number of aliphatic carboxylic acids is 1. The number of carboxylic acids is 1. The number of carbonyl (C=O) groups is 3. The Morgan fingerprint density at radius 1 is 1.11 bits per heavy atom. The van der Waals surface area contributed by atoms with Crippen LogP contribution in [0.25, 0.3) is 0 Å². The third-order valence-electron chi connectivity index (χ3n) is 7.85.